The fourth-order valence-electron chi connectivity index (χ4n) is 3.85. The molecule has 0 bridgehead atoms. The monoisotopic (exact) mass is 536 g/mol. The Morgan fingerprint density at radius 3 is 1.97 bits per heavy atom. The number of benzene rings is 4. The Kier molecular flexibility index (Phi) is 8.46. The van der Waals surface area contributed by atoms with Gasteiger partial charge < -0.3 is 14.6 Å². The topological polar surface area (TPSA) is 55.8 Å². The van der Waals surface area contributed by atoms with Gasteiger partial charge in [-0.05, 0) is 60.4 Å². The van der Waals surface area contributed by atoms with Gasteiger partial charge in [0.2, 0.25) is 5.82 Å². The predicted molar refractivity (Wildman–Crippen MR) is 139 cm³/mol. The molecule has 4 aromatic carbocycles. The fourth-order valence-corrected chi connectivity index (χ4v) is 3.85. The van der Waals surface area contributed by atoms with Crippen molar-refractivity contribution in [2.75, 3.05) is 6.61 Å². The maximum Gasteiger partial charge on any atom is 0.346 e. The van der Waals surface area contributed by atoms with Gasteiger partial charge in [0.05, 0.1) is 18.3 Å². The summed E-state index contributed by atoms with van der Waals surface area (Å²) in [5.41, 5.74) is 0.576. The number of ether oxygens (including phenoxy) is 2. The van der Waals surface area contributed by atoms with E-state index in [1.54, 1.807) is 25.1 Å². The van der Waals surface area contributed by atoms with Crippen LogP contribution in [0.15, 0.2) is 85.5 Å². The van der Waals surface area contributed by atoms with Gasteiger partial charge in [0.1, 0.15) is 5.75 Å². The summed E-state index contributed by atoms with van der Waals surface area (Å²) in [6.45, 7) is 5.28. The molecule has 39 heavy (non-hydrogen) atoms. The van der Waals surface area contributed by atoms with Crippen LogP contribution in [0.5, 0.6) is 11.5 Å². The van der Waals surface area contributed by atoms with E-state index in [0.29, 0.717) is 23.1 Å². The van der Waals surface area contributed by atoms with Crippen molar-refractivity contribution in [3.8, 4) is 33.8 Å². The SMILES string of the molecule is C=CCCOc1ccc(-c2ccc(OC(=O)c3ccc(-c4ccc(C(C)O)cc4)c(F)c3F)cc2)c(F)c1F. The summed E-state index contributed by atoms with van der Waals surface area (Å²) in [5, 5.41) is 9.62. The average Bonchev–Trinajstić information content (AvgIpc) is 2.93. The van der Waals surface area contributed by atoms with Crippen LogP contribution in [0.3, 0.4) is 0 Å². The molecular formula is C31H24F4O4. The first-order valence-electron chi connectivity index (χ1n) is 12.0. The highest BCUT2D eigenvalue weighted by Crippen LogP contribution is 2.32. The minimum atomic E-state index is -1.37. The van der Waals surface area contributed by atoms with Crippen molar-refractivity contribution in [3.05, 3.63) is 120 Å². The van der Waals surface area contributed by atoms with Gasteiger partial charge >= 0.3 is 5.97 Å². The van der Waals surface area contributed by atoms with Gasteiger partial charge in [-0.1, -0.05) is 48.5 Å². The largest absolute Gasteiger partial charge is 0.490 e. The molecule has 0 amide bonds. The zero-order valence-corrected chi connectivity index (χ0v) is 20.9. The quantitative estimate of drug-likeness (QED) is 0.0780. The van der Waals surface area contributed by atoms with E-state index < -0.39 is 40.9 Å². The summed E-state index contributed by atoms with van der Waals surface area (Å²) in [6, 6.07) is 16.8. The Bertz CT molecular complexity index is 1500. The molecule has 0 aliphatic heterocycles. The van der Waals surface area contributed by atoms with Crippen molar-refractivity contribution in [2.45, 2.75) is 19.4 Å². The van der Waals surface area contributed by atoms with Crippen molar-refractivity contribution in [1.82, 2.24) is 0 Å². The normalized spacial score (nSPS) is 11.6. The second kappa shape index (κ2) is 12.0. The molecule has 4 nitrogen and oxygen atoms in total. The average molecular weight is 537 g/mol. The van der Waals surface area contributed by atoms with E-state index in [1.165, 1.54) is 54.6 Å². The van der Waals surface area contributed by atoms with Crippen molar-refractivity contribution in [3.63, 3.8) is 0 Å². The van der Waals surface area contributed by atoms with Crippen molar-refractivity contribution in [1.29, 1.82) is 0 Å². The third-order valence-electron chi connectivity index (χ3n) is 6.01. The minimum Gasteiger partial charge on any atom is -0.490 e. The summed E-state index contributed by atoms with van der Waals surface area (Å²) in [6.07, 6.45) is 1.36. The van der Waals surface area contributed by atoms with Crippen LogP contribution in [0.4, 0.5) is 17.6 Å². The van der Waals surface area contributed by atoms with Crippen LogP contribution in [-0.2, 0) is 0 Å². The Hall–Kier alpha value is -4.43. The van der Waals surface area contributed by atoms with Crippen LogP contribution >= 0.6 is 0 Å². The highest BCUT2D eigenvalue weighted by molar-refractivity contribution is 5.92. The van der Waals surface area contributed by atoms with Crippen molar-refractivity contribution >= 4 is 5.97 Å². The molecule has 4 rings (SSSR count). The van der Waals surface area contributed by atoms with Crippen LogP contribution in [0.1, 0.15) is 35.4 Å². The number of carbonyl (C=O) groups is 1. The summed E-state index contributed by atoms with van der Waals surface area (Å²) in [4.78, 5) is 12.6. The van der Waals surface area contributed by atoms with E-state index in [2.05, 4.69) is 6.58 Å². The number of halogens is 4. The lowest BCUT2D eigenvalue weighted by atomic mass is 10.00. The molecule has 0 radical (unpaired) electrons. The highest BCUT2D eigenvalue weighted by Gasteiger charge is 2.22. The van der Waals surface area contributed by atoms with E-state index in [-0.39, 0.29) is 29.2 Å². The van der Waals surface area contributed by atoms with E-state index in [4.69, 9.17) is 9.47 Å². The van der Waals surface area contributed by atoms with Gasteiger partial charge in [0.25, 0.3) is 0 Å². The number of hydrogen-bond acceptors (Lipinski definition) is 4. The molecular weight excluding hydrogens is 512 g/mol. The van der Waals surface area contributed by atoms with Crippen molar-refractivity contribution < 1.29 is 36.9 Å². The van der Waals surface area contributed by atoms with E-state index >= 15 is 0 Å². The van der Waals surface area contributed by atoms with Gasteiger partial charge in [-0.15, -0.1) is 6.58 Å². The third-order valence-corrected chi connectivity index (χ3v) is 6.01. The molecule has 0 aliphatic carbocycles. The lowest BCUT2D eigenvalue weighted by Crippen LogP contribution is -2.12. The van der Waals surface area contributed by atoms with Crippen LogP contribution in [-0.4, -0.2) is 17.7 Å². The minimum absolute atomic E-state index is 0.00777. The number of rotatable bonds is 9. The van der Waals surface area contributed by atoms with Gasteiger partial charge in [0.15, 0.2) is 23.2 Å². The molecule has 1 atom stereocenters. The Morgan fingerprint density at radius 2 is 1.38 bits per heavy atom. The van der Waals surface area contributed by atoms with Gasteiger partial charge in [0, 0.05) is 11.1 Å². The predicted octanol–water partition coefficient (Wildman–Crippen LogP) is 7.80. The molecule has 0 aliphatic rings. The molecule has 1 N–H and O–H groups in total. The Morgan fingerprint density at radius 1 is 0.821 bits per heavy atom. The molecule has 0 spiro atoms. The molecule has 1 unspecified atom stereocenters. The molecule has 200 valence electrons. The fraction of sp³-hybridized carbons (Fsp3) is 0.129. The molecule has 0 saturated carbocycles. The van der Waals surface area contributed by atoms with E-state index in [9.17, 15) is 27.5 Å². The summed E-state index contributed by atoms with van der Waals surface area (Å²) in [5.74, 6) is -6.19. The summed E-state index contributed by atoms with van der Waals surface area (Å²) < 4.78 is 69.0. The molecule has 0 fully saturated rings. The second-order valence-corrected chi connectivity index (χ2v) is 8.67. The smallest absolute Gasteiger partial charge is 0.346 e. The van der Waals surface area contributed by atoms with Crippen LogP contribution in [0.25, 0.3) is 22.3 Å². The van der Waals surface area contributed by atoms with Crippen LogP contribution in [0, 0.1) is 23.3 Å². The third kappa shape index (κ3) is 6.02. The standard InChI is InChI=1S/C31H24F4O4/c1-3-4-17-38-26-16-15-24(28(33)30(26)35)21-9-11-22(12-10-21)39-31(37)25-14-13-23(27(32)29(25)34)20-7-5-19(6-8-20)18(2)36/h3,5-16,18,36H,1,4,17H2,2H3. The molecule has 8 heteroatoms. The number of aliphatic hydroxyl groups is 1. The van der Waals surface area contributed by atoms with E-state index in [0.717, 1.165) is 6.07 Å². The van der Waals surface area contributed by atoms with Crippen molar-refractivity contribution in [2.24, 2.45) is 0 Å². The second-order valence-electron chi connectivity index (χ2n) is 8.67. The zero-order chi connectivity index (χ0) is 28.1. The summed E-state index contributed by atoms with van der Waals surface area (Å²) in [7, 11) is 0. The number of hydrogen-bond donors (Lipinski definition) is 1. The lowest BCUT2D eigenvalue weighted by molar-refractivity contribution is 0.0728. The lowest BCUT2D eigenvalue weighted by Gasteiger charge is -2.11. The first-order chi connectivity index (χ1) is 18.7. The van der Waals surface area contributed by atoms with Gasteiger partial charge in [-0.25, -0.2) is 18.0 Å². The zero-order valence-electron chi connectivity index (χ0n) is 20.9. The first-order valence-corrected chi connectivity index (χ1v) is 12.0. The number of carbonyl (C=O) groups excluding carboxylic acids is 1. The van der Waals surface area contributed by atoms with Gasteiger partial charge in [-0.3, -0.25) is 0 Å². The maximum atomic E-state index is 14.8. The molecule has 0 saturated heterocycles. The van der Waals surface area contributed by atoms with Crippen LogP contribution < -0.4 is 9.47 Å². The first kappa shape index (κ1) is 27.6. The molecule has 4 aromatic rings. The van der Waals surface area contributed by atoms with Gasteiger partial charge in [-0.2, -0.15) is 4.39 Å². The summed E-state index contributed by atoms with van der Waals surface area (Å²) >= 11 is 0. The van der Waals surface area contributed by atoms with E-state index in [1.807, 2.05) is 0 Å². The highest BCUT2D eigenvalue weighted by atomic mass is 19.2. The number of aliphatic hydroxyl groups excluding tert-OH is 1. The maximum absolute atomic E-state index is 14.8. The molecule has 0 aromatic heterocycles. The number of esters is 1. The van der Waals surface area contributed by atoms with Crippen LogP contribution in [0.2, 0.25) is 0 Å². The Balaban J connectivity index is 1.49. The Labute approximate surface area is 222 Å². The molecule has 0 heterocycles.